The summed E-state index contributed by atoms with van der Waals surface area (Å²) in [6, 6.07) is 5.76. The van der Waals surface area contributed by atoms with Crippen LogP contribution in [0.25, 0.3) is 0 Å². The van der Waals surface area contributed by atoms with E-state index in [9.17, 15) is 4.79 Å². The van der Waals surface area contributed by atoms with Gasteiger partial charge in [0.2, 0.25) is 0 Å². The average molecular weight is 205 g/mol. The molecule has 15 heavy (non-hydrogen) atoms. The summed E-state index contributed by atoms with van der Waals surface area (Å²) in [5, 5.41) is 0. The molecule has 0 heterocycles. The van der Waals surface area contributed by atoms with Crippen molar-refractivity contribution in [3.63, 3.8) is 0 Å². The summed E-state index contributed by atoms with van der Waals surface area (Å²) in [5.74, 6) is -0.233. The number of ether oxygens (including phenoxy) is 1. The second kappa shape index (κ2) is 4.03. The summed E-state index contributed by atoms with van der Waals surface area (Å²) < 4.78 is 5.01. The molecular weight excluding hydrogens is 190 g/mol. The van der Waals surface area contributed by atoms with E-state index >= 15 is 0 Å². The highest BCUT2D eigenvalue weighted by Crippen LogP contribution is 2.31. The lowest BCUT2D eigenvalue weighted by Gasteiger charge is -2.08. The van der Waals surface area contributed by atoms with Crippen LogP contribution in [-0.4, -0.2) is 12.6 Å². The van der Waals surface area contributed by atoms with Gasteiger partial charge in [0.15, 0.2) is 0 Å². The largest absolute Gasteiger partial charge is 0.462 e. The lowest BCUT2D eigenvalue weighted by molar-refractivity contribution is 0.0525. The molecule has 1 atom stereocenters. The van der Waals surface area contributed by atoms with Gasteiger partial charge >= 0.3 is 5.97 Å². The molecule has 0 unspecified atom stereocenters. The van der Waals surface area contributed by atoms with E-state index in [4.69, 9.17) is 10.5 Å². The van der Waals surface area contributed by atoms with E-state index in [1.165, 1.54) is 0 Å². The van der Waals surface area contributed by atoms with Crippen molar-refractivity contribution >= 4 is 5.97 Å². The Bertz CT molecular complexity index is 387. The minimum Gasteiger partial charge on any atom is -0.462 e. The Kier molecular flexibility index (Phi) is 2.73. The van der Waals surface area contributed by atoms with Crippen LogP contribution in [0.15, 0.2) is 18.2 Å². The molecule has 0 bridgehead atoms. The minimum atomic E-state index is -0.233. The van der Waals surface area contributed by atoms with Crippen molar-refractivity contribution < 1.29 is 9.53 Å². The fourth-order valence-electron chi connectivity index (χ4n) is 2.09. The summed E-state index contributed by atoms with van der Waals surface area (Å²) in [6.07, 6.45) is 1.80. The molecule has 2 rings (SSSR count). The standard InChI is InChI=1S/C12H15NO2/c1-2-15-12(14)10-5-3-4-9-8(10)6-7-11(9)13/h3-5,11H,2,6-7,13H2,1H3/t11-/m0/s1. The molecule has 1 aliphatic carbocycles. The number of rotatable bonds is 2. The van der Waals surface area contributed by atoms with Crippen LogP contribution in [0.4, 0.5) is 0 Å². The fraction of sp³-hybridized carbons (Fsp3) is 0.417. The highest BCUT2D eigenvalue weighted by Gasteiger charge is 2.24. The molecule has 80 valence electrons. The van der Waals surface area contributed by atoms with Gasteiger partial charge in [-0.1, -0.05) is 12.1 Å². The molecule has 3 heteroatoms. The third-order valence-electron chi connectivity index (χ3n) is 2.81. The van der Waals surface area contributed by atoms with Crippen LogP contribution in [0, 0.1) is 0 Å². The molecule has 0 radical (unpaired) electrons. The molecule has 0 amide bonds. The number of benzene rings is 1. The lowest BCUT2D eigenvalue weighted by atomic mass is 10.0. The smallest absolute Gasteiger partial charge is 0.338 e. The Labute approximate surface area is 89.2 Å². The van der Waals surface area contributed by atoms with Gasteiger partial charge in [-0.2, -0.15) is 0 Å². The minimum absolute atomic E-state index is 0.0781. The third-order valence-corrected chi connectivity index (χ3v) is 2.81. The van der Waals surface area contributed by atoms with Crippen molar-refractivity contribution in [2.75, 3.05) is 6.61 Å². The summed E-state index contributed by atoms with van der Waals surface area (Å²) in [4.78, 5) is 11.6. The predicted octanol–water partition coefficient (Wildman–Crippen LogP) is 1.81. The topological polar surface area (TPSA) is 52.3 Å². The number of nitrogens with two attached hydrogens (primary N) is 1. The van der Waals surface area contributed by atoms with Crippen LogP contribution >= 0.6 is 0 Å². The van der Waals surface area contributed by atoms with Crippen molar-refractivity contribution in [3.8, 4) is 0 Å². The molecule has 0 aliphatic heterocycles. The summed E-state index contributed by atoms with van der Waals surface area (Å²) >= 11 is 0. The van der Waals surface area contributed by atoms with E-state index in [1.54, 1.807) is 0 Å². The Morgan fingerprint density at radius 3 is 3.13 bits per heavy atom. The first-order chi connectivity index (χ1) is 7.24. The normalized spacial score (nSPS) is 18.7. The van der Waals surface area contributed by atoms with Gasteiger partial charge in [0.05, 0.1) is 12.2 Å². The first-order valence-corrected chi connectivity index (χ1v) is 5.28. The lowest BCUT2D eigenvalue weighted by Crippen LogP contribution is -2.09. The van der Waals surface area contributed by atoms with Crippen molar-refractivity contribution in [1.82, 2.24) is 0 Å². The zero-order chi connectivity index (χ0) is 10.8. The zero-order valence-electron chi connectivity index (χ0n) is 8.82. The Morgan fingerprint density at radius 2 is 2.40 bits per heavy atom. The first-order valence-electron chi connectivity index (χ1n) is 5.28. The maximum atomic E-state index is 11.6. The van der Waals surface area contributed by atoms with Gasteiger partial charge in [-0.15, -0.1) is 0 Å². The van der Waals surface area contributed by atoms with E-state index in [0.717, 1.165) is 24.0 Å². The van der Waals surface area contributed by atoms with Crippen LogP contribution in [-0.2, 0) is 11.2 Å². The number of carbonyl (C=O) groups is 1. The summed E-state index contributed by atoms with van der Waals surface area (Å²) in [6.45, 7) is 2.22. The average Bonchev–Trinajstić information content (AvgIpc) is 2.61. The molecule has 1 aromatic rings. The van der Waals surface area contributed by atoms with Gasteiger partial charge in [-0.3, -0.25) is 0 Å². The molecule has 1 aromatic carbocycles. The van der Waals surface area contributed by atoms with Crippen LogP contribution in [0.3, 0.4) is 0 Å². The van der Waals surface area contributed by atoms with Gasteiger partial charge in [0.25, 0.3) is 0 Å². The van der Waals surface area contributed by atoms with Gasteiger partial charge in [0.1, 0.15) is 0 Å². The molecule has 0 fully saturated rings. The summed E-state index contributed by atoms with van der Waals surface area (Å²) in [7, 11) is 0. The fourth-order valence-corrected chi connectivity index (χ4v) is 2.09. The molecule has 0 saturated heterocycles. The Hall–Kier alpha value is -1.35. The quantitative estimate of drug-likeness (QED) is 0.749. The van der Waals surface area contributed by atoms with Crippen LogP contribution in [0.2, 0.25) is 0 Å². The van der Waals surface area contributed by atoms with Gasteiger partial charge in [0, 0.05) is 6.04 Å². The van der Waals surface area contributed by atoms with Crippen molar-refractivity contribution in [1.29, 1.82) is 0 Å². The second-order valence-electron chi connectivity index (χ2n) is 3.74. The predicted molar refractivity (Wildman–Crippen MR) is 57.6 cm³/mol. The summed E-state index contributed by atoms with van der Waals surface area (Å²) in [5.41, 5.74) is 8.79. The van der Waals surface area contributed by atoms with Crippen molar-refractivity contribution in [2.24, 2.45) is 5.73 Å². The molecule has 3 nitrogen and oxygen atoms in total. The Morgan fingerprint density at radius 1 is 1.60 bits per heavy atom. The van der Waals surface area contributed by atoms with Gasteiger partial charge < -0.3 is 10.5 Å². The monoisotopic (exact) mass is 205 g/mol. The van der Waals surface area contributed by atoms with E-state index in [-0.39, 0.29) is 12.0 Å². The van der Waals surface area contributed by atoms with E-state index < -0.39 is 0 Å². The second-order valence-corrected chi connectivity index (χ2v) is 3.74. The first kappa shape index (κ1) is 10.2. The van der Waals surface area contributed by atoms with E-state index in [0.29, 0.717) is 12.2 Å². The highest BCUT2D eigenvalue weighted by molar-refractivity contribution is 5.91. The number of esters is 1. The molecule has 2 N–H and O–H groups in total. The van der Waals surface area contributed by atoms with Crippen molar-refractivity contribution in [3.05, 3.63) is 34.9 Å². The molecule has 0 saturated carbocycles. The van der Waals surface area contributed by atoms with E-state index in [1.807, 2.05) is 25.1 Å². The van der Waals surface area contributed by atoms with Crippen LogP contribution in [0.5, 0.6) is 0 Å². The maximum Gasteiger partial charge on any atom is 0.338 e. The maximum absolute atomic E-state index is 11.6. The number of carbonyl (C=O) groups excluding carboxylic acids is 1. The molecule has 1 aliphatic rings. The van der Waals surface area contributed by atoms with Crippen LogP contribution < -0.4 is 5.73 Å². The van der Waals surface area contributed by atoms with E-state index in [2.05, 4.69) is 0 Å². The zero-order valence-corrected chi connectivity index (χ0v) is 8.82. The molecule has 0 spiro atoms. The third kappa shape index (κ3) is 1.75. The SMILES string of the molecule is CCOC(=O)c1cccc2c1CC[C@@H]2N. The number of hydrogen-bond acceptors (Lipinski definition) is 3. The Balaban J connectivity index is 2.38. The number of hydrogen-bond donors (Lipinski definition) is 1. The van der Waals surface area contributed by atoms with Gasteiger partial charge in [-0.05, 0) is 37.0 Å². The van der Waals surface area contributed by atoms with Crippen molar-refractivity contribution in [2.45, 2.75) is 25.8 Å². The number of fused-ring (bicyclic) bond motifs is 1. The molecule has 0 aromatic heterocycles. The molecular formula is C12H15NO2. The van der Waals surface area contributed by atoms with Gasteiger partial charge in [-0.25, -0.2) is 4.79 Å². The highest BCUT2D eigenvalue weighted by atomic mass is 16.5. The van der Waals surface area contributed by atoms with Crippen LogP contribution in [0.1, 0.15) is 40.9 Å².